The number of fused-ring (bicyclic) bond motifs is 1. The SMILES string of the molecule is CC(=O)Nc1n[nH]c2cc(Sc3cccc(NC(=O)c4cccc(Cl)c4F)c3)ccc12. The number of hydrogen-bond donors (Lipinski definition) is 3. The van der Waals surface area contributed by atoms with Crippen molar-refractivity contribution in [2.75, 3.05) is 10.6 Å². The quantitative estimate of drug-likeness (QED) is 0.360. The van der Waals surface area contributed by atoms with Crippen molar-refractivity contribution < 1.29 is 14.0 Å². The van der Waals surface area contributed by atoms with Crippen LogP contribution in [0.25, 0.3) is 10.9 Å². The van der Waals surface area contributed by atoms with Crippen LogP contribution in [0, 0.1) is 5.82 Å². The second kappa shape index (κ2) is 8.79. The van der Waals surface area contributed by atoms with Gasteiger partial charge in [0.15, 0.2) is 11.6 Å². The van der Waals surface area contributed by atoms with Crippen LogP contribution in [-0.2, 0) is 4.79 Å². The molecule has 0 aliphatic rings. The Hall–Kier alpha value is -3.36. The van der Waals surface area contributed by atoms with Crippen LogP contribution in [0.15, 0.2) is 70.5 Å². The standard InChI is InChI=1S/C22H16ClFN4O2S/c1-12(29)25-21-16-9-8-15(11-19(16)27-28-21)31-14-5-2-4-13(10-14)26-22(30)17-6-3-7-18(23)20(17)24/h2-11H,1H3,(H,26,30)(H2,25,27,28,29). The van der Waals surface area contributed by atoms with Crippen LogP contribution in [0.3, 0.4) is 0 Å². The summed E-state index contributed by atoms with van der Waals surface area (Å²) in [5.41, 5.74) is 1.20. The maximum Gasteiger partial charge on any atom is 0.258 e. The number of carbonyl (C=O) groups excluding carboxylic acids is 2. The summed E-state index contributed by atoms with van der Waals surface area (Å²) in [5.74, 6) is -1.04. The van der Waals surface area contributed by atoms with Crippen molar-refractivity contribution >= 4 is 57.6 Å². The van der Waals surface area contributed by atoms with E-state index in [2.05, 4.69) is 20.8 Å². The zero-order chi connectivity index (χ0) is 22.0. The first-order chi connectivity index (χ1) is 14.9. The van der Waals surface area contributed by atoms with Crippen LogP contribution in [0.4, 0.5) is 15.9 Å². The van der Waals surface area contributed by atoms with E-state index in [0.29, 0.717) is 11.5 Å². The van der Waals surface area contributed by atoms with Crippen molar-refractivity contribution in [1.29, 1.82) is 0 Å². The van der Waals surface area contributed by atoms with Gasteiger partial charge in [-0.25, -0.2) is 4.39 Å². The van der Waals surface area contributed by atoms with Crippen molar-refractivity contribution in [2.24, 2.45) is 0 Å². The molecule has 0 aliphatic carbocycles. The third kappa shape index (κ3) is 4.70. The Morgan fingerprint density at radius 3 is 2.61 bits per heavy atom. The predicted octanol–water partition coefficient (Wildman–Crippen LogP) is 5.72. The molecule has 31 heavy (non-hydrogen) atoms. The predicted molar refractivity (Wildman–Crippen MR) is 120 cm³/mol. The Morgan fingerprint density at radius 1 is 1.03 bits per heavy atom. The highest BCUT2D eigenvalue weighted by atomic mass is 35.5. The number of rotatable bonds is 5. The van der Waals surface area contributed by atoms with Crippen LogP contribution in [0.1, 0.15) is 17.3 Å². The Balaban J connectivity index is 1.51. The van der Waals surface area contributed by atoms with Gasteiger partial charge < -0.3 is 10.6 Å². The smallest absolute Gasteiger partial charge is 0.258 e. The minimum absolute atomic E-state index is 0.104. The Morgan fingerprint density at radius 2 is 1.81 bits per heavy atom. The first kappa shape index (κ1) is 20.9. The fourth-order valence-corrected chi connectivity index (χ4v) is 4.07. The summed E-state index contributed by atoms with van der Waals surface area (Å²) in [6, 6.07) is 17.2. The Bertz CT molecular complexity index is 1310. The van der Waals surface area contributed by atoms with Gasteiger partial charge in [0, 0.05) is 27.8 Å². The first-order valence-electron chi connectivity index (χ1n) is 9.20. The molecule has 0 radical (unpaired) electrons. The van der Waals surface area contributed by atoms with Crippen molar-refractivity contribution in [3.8, 4) is 0 Å². The van der Waals surface area contributed by atoms with E-state index >= 15 is 0 Å². The monoisotopic (exact) mass is 454 g/mol. The van der Waals surface area contributed by atoms with Crippen molar-refractivity contribution in [1.82, 2.24) is 10.2 Å². The molecule has 0 unspecified atom stereocenters. The minimum atomic E-state index is -0.751. The second-order valence-corrected chi connectivity index (χ2v) is 8.20. The summed E-state index contributed by atoms with van der Waals surface area (Å²) in [6.07, 6.45) is 0. The molecule has 4 rings (SSSR count). The zero-order valence-corrected chi connectivity index (χ0v) is 17.8. The summed E-state index contributed by atoms with van der Waals surface area (Å²) < 4.78 is 14.1. The van der Waals surface area contributed by atoms with E-state index in [0.717, 1.165) is 20.7 Å². The number of anilines is 2. The van der Waals surface area contributed by atoms with Crippen LogP contribution in [-0.4, -0.2) is 22.0 Å². The van der Waals surface area contributed by atoms with Gasteiger partial charge in [-0.1, -0.05) is 35.5 Å². The fourth-order valence-electron chi connectivity index (χ4n) is 2.98. The van der Waals surface area contributed by atoms with E-state index in [9.17, 15) is 14.0 Å². The van der Waals surface area contributed by atoms with Gasteiger partial charge >= 0.3 is 0 Å². The fraction of sp³-hybridized carbons (Fsp3) is 0.0455. The van der Waals surface area contributed by atoms with Crippen molar-refractivity contribution in [3.05, 3.63) is 77.1 Å². The van der Waals surface area contributed by atoms with Gasteiger partial charge in [-0.15, -0.1) is 0 Å². The minimum Gasteiger partial charge on any atom is -0.322 e. The number of H-pyrrole nitrogens is 1. The van der Waals surface area contributed by atoms with E-state index < -0.39 is 11.7 Å². The lowest BCUT2D eigenvalue weighted by atomic mass is 10.2. The Labute approximate surface area is 186 Å². The number of carbonyl (C=O) groups is 2. The van der Waals surface area contributed by atoms with Gasteiger partial charge in [0.25, 0.3) is 5.91 Å². The lowest BCUT2D eigenvalue weighted by Crippen LogP contribution is -2.13. The molecule has 0 fully saturated rings. The molecule has 3 N–H and O–H groups in total. The molecule has 1 heterocycles. The lowest BCUT2D eigenvalue weighted by molar-refractivity contribution is -0.114. The molecule has 156 valence electrons. The summed E-state index contributed by atoms with van der Waals surface area (Å²) in [7, 11) is 0. The molecular formula is C22H16ClFN4O2S. The van der Waals surface area contributed by atoms with Gasteiger partial charge in [-0.2, -0.15) is 5.10 Å². The molecule has 1 aromatic heterocycles. The van der Waals surface area contributed by atoms with E-state index in [4.69, 9.17) is 11.6 Å². The number of benzene rings is 3. The maximum atomic E-state index is 14.1. The van der Waals surface area contributed by atoms with E-state index in [1.165, 1.54) is 36.9 Å². The average molecular weight is 455 g/mol. The van der Waals surface area contributed by atoms with Gasteiger partial charge in [-0.3, -0.25) is 14.7 Å². The molecule has 0 atom stereocenters. The third-order valence-corrected chi connectivity index (χ3v) is 5.62. The largest absolute Gasteiger partial charge is 0.322 e. The normalized spacial score (nSPS) is 10.8. The number of aromatic amines is 1. The number of halogens is 2. The zero-order valence-electron chi connectivity index (χ0n) is 16.2. The van der Waals surface area contributed by atoms with Crippen LogP contribution in [0.2, 0.25) is 5.02 Å². The molecule has 0 bridgehead atoms. The average Bonchev–Trinajstić information content (AvgIpc) is 3.11. The van der Waals surface area contributed by atoms with Crippen molar-refractivity contribution in [2.45, 2.75) is 16.7 Å². The van der Waals surface area contributed by atoms with E-state index in [1.54, 1.807) is 18.2 Å². The van der Waals surface area contributed by atoms with Gasteiger partial charge in [-0.05, 0) is 48.5 Å². The Kier molecular flexibility index (Phi) is 5.92. The molecule has 9 heteroatoms. The lowest BCUT2D eigenvalue weighted by Gasteiger charge is -2.09. The summed E-state index contributed by atoms with van der Waals surface area (Å²) >= 11 is 7.24. The summed E-state index contributed by atoms with van der Waals surface area (Å²) in [6.45, 7) is 1.43. The molecule has 6 nitrogen and oxygen atoms in total. The van der Waals surface area contributed by atoms with Gasteiger partial charge in [0.1, 0.15) is 0 Å². The van der Waals surface area contributed by atoms with Gasteiger partial charge in [0.05, 0.1) is 16.1 Å². The molecule has 0 saturated carbocycles. The molecule has 0 aliphatic heterocycles. The summed E-state index contributed by atoms with van der Waals surface area (Å²) in [4.78, 5) is 25.5. The highest BCUT2D eigenvalue weighted by Crippen LogP contribution is 2.32. The highest BCUT2D eigenvalue weighted by molar-refractivity contribution is 7.99. The van der Waals surface area contributed by atoms with Crippen LogP contribution >= 0.6 is 23.4 Å². The second-order valence-electron chi connectivity index (χ2n) is 6.65. The van der Waals surface area contributed by atoms with Crippen LogP contribution < -0.4 is 10.6 Å². The van der Waals surface area contributed by atoms with E-state index in [1.807, 2.05) is 24.3 Å². The number of aromatic nitrogens is 2. The van der Waals surface area contributed by atoms with Crippen LogP contribution in [0.5, 0.6) is 0 Å². The number of nitrogens with zero attached hydrogens (tertiary/aromatic N) is 1. The number of nitrogens with one attached hydrogen (secondary N) is 3. The number of hydrogen-bond acceptors (Lipinski definition) is 4. The van der Waals surface area contributed by atoms with Gasteiger partial charge in [0.2, 0.25) is 5.91 Å². The number of amides is 2. The molecule has 2 amide bonds. The highest BCUT2D eigenvalue weighted by Gasteiger charge is 2.14. The summed E-state index contributed by atoms with van der Waals surface area (Å²) in [5, 5.41) is 13.1. The van der Waals surface area contributed by atoms with Crippen molar-refractivity contribution in [3.63, 3.8) is 0 Å². The molecule has 3 aromatic carbocycles. The first-order valence-corrected chi connectivity index (χ1v) is 10.4. The molecule has 0 spiro atoms. The maximum absolute atomic E-state index is 14.1. The topological polar surface area (TPSA) is 86.9 Å². The third-order valence-electron chi connectivity index (χ3n) is 4.35. The molecular weight excluding hydrogens is 439 g/mol. The van der Waals surface area contributed by atoms with E-state index in [-0.39, 0.29) is 16.5 Å². The molecule has 4 aromatic rings. The molecule has 0 saturated heterocycles.